The second-order valence-corrected chi connectivity index (χ2v) is 4.10. The van der Waals surface area contributed by atoms with Crippen molar-refractivity contribution in [3.8, 4) is 0 Å². The summed E-state index contributed by atoms with van der Waals surface area (Å²) in [5, 5.41) is 6.54. The minimum Gasteiger partial charge on any atom is -0.381 e. The average molecular weight is 275 g/mol. The first-order chi connectivity index (χ1) is 9.79. The Hall–Kier alpha value is -2.21. The van der Waals surface area contributed by atoms with Gasteiger partial charge in [0.15, 0.2) is 5.82 Å². The van der Waals surface area contributed by atoms with Gasteiger partial charge in [-0.05, 0) is 19.1 Å². The highest BCUT2D eigenvalue weighted by Gasteiger charge is 2.09. The van der Waals surface area contributed by atoms with Gasteiger partial charge < -0.3 is 14.6 Å². The van der Waals surface area contributed by atoms with Gasteiger partial charge >= 0.3 is 0 Å². The van der Waals surface area contributed by atoms with Crippen LogP contribution in [0.4, 0.5) is 0 Å². The molecule has 0 atom stereocenters. The number of amides is 1. The number of rotatable bonds is 7. The lowest BCUT2D eigenvalue weighted by atomic mass is 10.2. The number of carbonyl (C=O) groups is 1. The van der Waals surface area contributed by atoms with Gasteiger partial charge in [-0.25, -0.2) is 0 Å². The van der Waals surface area contributed by atoms with Gasteiger partial charge in [-0.2, -0.15) is 4.98 Å². The maximum absolute atomic E-state index is 11.8. The molecular formula is C14H17N3O3. The molecule has 1 aromatic carbocycles. The highest BCUT2D eigenvalue weighted by atomic mass is 16.5. The van der Waals surface area contributed by atoms with Crippen molar-refractivity contribution in [2.75, 3.05) is 13.2 Å². The van der Waals surface area contributed by atoms with E-state index >= 15 is 0 Å². The first-order valence-corrected chi connectivity index (χ1v) is 6.52. The lowest BCUT2D eigenvalue weighted by molar-refractivity contribution is 0.0949. The zero-order valence-electron chi connectivity index (χ0n) is 11.3. The SMILES string of the molecule is CCOCCc1nc(CNC(=O)c2ccccc2)no1. The van der Waals surface area contributed by atoms with Crippen molar-refractivity contribution in [2.24, 2.45) is 0 Å². The van der Waals surface area contributed by atoms with Crippen LogP contribution >= 0.6 is 0 Å². The smallest absolute Gasteiger partial charge is 0.251 e. The molecule has 6 heteroatoms. The molecule has 0 radical (unpaired) electrons. The minimum atomic E-state index is -0.161. The first-order valence-electron chi connectivity index (χ1n) is 6.52. The molecule has 1 aromatic heterocycles. The molecule has 0 aliphatic carbocycles. The van der Waals surface area contributed by atoms with E-state index in [0.717, 1.165) is 0 Å². The van der Waals surface area contributed by atoms with Crippen molar-refractivity contribution in [2.45, 2.75) is 19.9 Å². The van der Waals surface area contributed by atoms with E-state index in [0.29, 0.717) is 36.9 Å². The molecule has 0 unspecified atom stereocenters. The predicted octanol–water partition coefficient (Wildman–Crippen LogP) is 1.58. The average Bonchev–Trinajstić information content (AvgIpc) is 2.94. The number of nitrogens with zero attached hydrogens (tertiary/aromatic N) is 2. The van der Waals surface area contributed by atoms with Crippen molar-refractivity contribution in [1.29, 1.82) is 0 Å². The fourth-order valence-corrected chi connectivity index (χ4v) is 1.62. The van der Waals surface area contributed by atoms with Gasteiger partial charge in [0.2, 0.25) is 5.89 Å². The summed E-state index contributed by atoms with van der Waals surface area (Å²) < 4.78 is 10.3. The van der Waals surface area contributed by atoms with E-state index in [4.69, 9.17) is 9.26 Å². The highest BCUT2D eigenvalue weighted by molar-refractivity contribution is 5.93. The Morgan fingerprint density at radius 3 is 2.90 bits per heavy atom. The fraction of sp³-hybridized carbons (Fsp3) is 0.357. The summed E-state index contributed by atoms with van der Waals surface area (Å²) in [4.78, 5) is 16.0. The van der Waals surface area contributed by atoms with Crippen LogP contribution in [0.2, 0.25) is 0 Å². The van der Waals surface area contributed by atoms with Crippen molar-refractivity contribution in [3.63, 3.8) is 0 Å². The first kappa shape index (κ1) is 14.2. The predicted molar refractivity (Wildman–Crippen MR) is 72.1 cm³/mol. The van der Waals surface area contributed by atoms with Crippen LogP contribution in [0.5, 0.6) is 0 Å². The number of ether oxygens (including phenoxy) is 1. The topological polar surface area (TPSA) is 77.2 Å². The van der Waals surface area contributed by atoms with Crippen molar-refractivity contribution < 1.29 is 14.1 Å². The zero-order valence-corrected chi connectivity index (χ0v) is 11.3. The van der Waals surface area contributed by atoms with E-state index in [9.17, 15) is 4.79 Å². The van der Waals surface area contributed by atoms with Gasteiger partial charge in [-0.3, -0.25) is 4.79 Å². The number of hydrogen-bond donors (Lipinski definition) is 1. The van der Waals surface area contributed by atoms with Crippen LogP contribution in [0.25, 0.3) is 0 Å². The standard InChI is InChI=1S/C14H17N3O3/c1-2-19-9-8-13-16-12(17-20-13)10-15-14(18)11-6-4-3-5-7-11/h3-7H,2,8-10H2,1H3,(H,15,18). The van der Waals surface area contributed by atoms with Gasteiger partial charge in [0.05, 0.1) is 19.6 Å². The quantitative estimate of drug-likeness (QED) is 0.776. The summed E-state index contributed by atoms with van der Waals surface area (Å²) in [7, 11) is 0. The molecule has 0 bridgehead atoms. The molecule has 0 saturated heterocycles. The Morgan fingerprint density at radius 2 is 2.15 bits per heavy atom. The number of benzene rings is 1. The summed E-state index contributed by atoms with van der Waals surface area (Å²) >= 11 is 0. The van der Waals surface area contributed by atoms with Crippen LogP contribution < -0.4 is 5.32 Å². The van der Waals surface area contributed by atoms with E-state index in [1.54, 1.807) is 12.1 Å². The van der Waals surface area contributed by atoms with Crippen LogP contribution in [0, 0.1) is 0 Å². The summed E-state index contributed by atoms with van der Waals surface area (Å²) in [6, 6.07) is 8.99. The molecule has 0 saturated carbocycles. The molecular weight excluding hydrogens is 258 g/mol. The highest BCUT2D eigenvalue weighted by Crippen LogP contribution is 2.01. The summed E-state index contributed by atoms with van der Waals surface area (Å²) in [6.07, 6.45) is 0.577. The molecule has 2 rings (SSSR count). The third-order valence-corrected chi connectivity index (χ3v) is 2.62. The maximum atomic E-state index is 11.8. The Kier molecular flexibility index (Phi) is 5.25. The van der Waals surface area contributed by atoms with E-state index in [-0.39, 0.29) is 12.5 Å². The van der Waals surface area contributed by atoms with E-state index < -0.39 is 0 Å². The number of nitrogens with one attached hydrogen (secondary N) is 1. The summed E-state index contributed by atoms with van der Waals surface area (Å²) in [5.74, 6) is 0.814. The largest absolute Gasteiger partial charge is 0.381 e. The molecule has 106 valence electrons. The van der Waals surface area contributed by atoms with Crippen LogP contribution in [-0.2, 0) is 17.7 Å². The normalized spacial score (nSPS) is 10.4. The molecule has 2 aromatic rings. The third-order valence-electron chi connectivity index (χ3n) is 2.62. The molecule has 1 N–H and O–H groups in total. The van der Waals surface area contributed by atoms with E-state index in [1.165, 1.54) is 0 Å². The molecule has 0 fully saturated rings. The lowest BCUT2D eigenvalue weighted by Crippen LogP contribution is -2.23. The maximum Gasteiger partial charge on any atom is 0.251 e. The Morgan fingerprint density at radius 1 is 1.35 bits per heavy atom. The lowest BCUT2D eigenvalue weighted by Gasteiger charge is -2.01. The third kappa shape index (κ3) is 4.17. The Bertz CT molecular complexity index is 540. The van der Waals surface area contributed by atoms with Crippen molar-refractivity contribution in [3.05, 3.63) is 47.6 Å². The van der Waals surface area contributed by atoms with Crippen molar-refractivity contribution in [1.82, 2.24) is 15.5 Å². The van der Waals surface area contributed by atoms with Gasteiger partial charge in [-0.15, -0.1) is 0 Å². The Labute approximate surface area is 117 Å². The number of carbonyl (C=O) groups excluding carboxylic acids is 1. The molecule has 0 aliphatic rings. The summed E-state index contributed by atoms with van der Waals surface area (Å²) in [6.45, 7) is 3.38. The van der Waals surface area contributed by atoms with Gasteiger partial charge in [0.25, 0.3) is 5.91 Å². The van der Waals surface area contributed by atoms with Crippen molar-refractivity contribution >= 4 is 5.91 Å². The molecule has 0 spiro atoms. The molecule has 1 amide bonds. The van der Waals surface area contributed by atoms with Crippen LogP contribution in [0.15, 0.2) is 34.9 Å². The van der Waals surface area contributed by atoms with Gasteiger partial charge in [0, 0.05) is 12.2 Å². The van der Waals surface area contributed by atoms with E-state index in [1.807, 2.05) is 25.1 Å². The van der Waals surface area contributed by atoms with Crippen LogP contribution in [-0.4, -0.2) is 29.3 Å². The van der Waals surface area contributed by atoms with Crippen LogP contribution in [0.1, 0.15) is 29.0 Å². The van der Waals surface area contributed by atoms with Gasteiger partial charge in [-0.1, -0.05) is 23.4 Å². The molecule has 6 nitrogen and oxygen atoms in total. The van der Waals surface area contributed by atoms with Gasteiger partial charge in [0.1, 0.15) is 0 Å². The minimum absolute atomic E-state index is 0.161. The van der Waals surface area contributed by atoms with Crippen LogP contribution in [0.3, 0.4) is 0 Å². The van der Waals surface area contributed by atoms with E-state index in [2.05, 4.69) is 15.5 Å². The zero-order chi connectivity index (χ0) is 14.2. The summed E-state index contributed by atoms with van der Waals surface area (Å²) in [5.41, 5.74) is 0.604. The monoisotopic (exact) mass is 275 g/mol. The second-order valence-electron chi connectivity index (χ2n) is 4.10. The molecule has 1 heterocycles. The number of aromatic nitrogens is 2. The second kappa shape index (κ2) is 7.40. The number of hydrogen-bond acceptors (Lipinski definition) is 5. The fourth-order valence-electron chi connectivity index (χ4n) is 1.62. The molecule has 20 heavy (non-hydrogen) atoms. The molecule has 0 aliphatic heterocycles. The Balaban J connectivity index is 1.81.